The van der Waals surface area contributed by atoms with Crippen molar-refractivity contribution in [2.75, 3.05) is 6.61 Å². The summed E-state index contributed by atoms with van der Waals surface area (Å²) in [5, 5.41) is 18.0. The Bertz CT molecular complexity index is 528. The van der Waals surface area contributed by atoms with Crippen LogP contribution in [-0.4, -0.2) is 26.7 Å². The van der Waals surface area contributed by atoms with E-state index >= 15 is 0 Å². The number of hydrogen-bond acceptors (Lipinski definition) is 3. The Morgan fingerprint density at radius 2 is 2.11 bits per heavy atom. The summed E-state index contributed by atoms with van der Waals surface area (Å²) >= 11 is 11.9. The van der Waals surface area contributed by atoms with Gasteiger partial charge in [-0.3, -0.25) is 0 Å². The van der Waals surface area contributed by atoms with Gasteiger partial charge in [0, 0.05) is 22.8 Å². The smallest absolute Gasteiger partial charge is 0.0828 e. The average molecular weight is 286 g/mol. The third kappa shape index (κ3) is 3.45. The maximum atomic E-state index is 8.75. The molecule has 0 radical (unpaired) electrons. The molecule has 1 heterocycles. The van der Waals surface area contributed by atoms with Gasteiger partial charge in [-0.15, -0.1) is 5.10 Å². The van der Waals surface area contributed by atoms with E-state index in [1.165, 1.54) is 0 Å². The third-order valence-corrected chi connectivity index (χ3v) is 3.11. The fourth-order valence-electron chi connectivity index (χ4n) is 1.61. The van der Waals surface area contributed by atoms with Gasteiger partial charge >= 0.3 is 0 Å². The van der Waals surface area contributed by atoms with Crippen LogP contribution in [-0.2, 0) is 13.0 Å². The molecule has 96 valence electrons. The topological polar surface area (TPSA) is 50.9 Å². The van der Waals surface area contributed by atoms with Crippen molar-refractivity contribution < 1.29 is 5.11 Å². The number of rotatable bonds is 5. The van der Waals surface area contributed by atoms with Gasteiger partial charge in [0.1, 0.15) is 0 Å². The molecule has 0 spiro atoms. The van der Waals surface area contributed by atoms with Crippen molar-refractivity contribution in [3.8, 4) is 0 Å². The number of aliphatic hydroxyl groups is 1. The van der Waals surface area contributed by atoms with E-state index in [2.05, 4.69) is 10.3 Å². The van der Waals surface area contributed by atoms with Crippen LogP contribution in [0, 0.1) is 0 Å². The molecular formula is C12H13Cl2N3O. The van der Waals surface area contributed by atoms with Crippen molar-refractivity contribution in [3.63, 3.8) is 0 Å². The van der Waals surface area contributed by atoms with E-state index in [0.717, 1.165) is 17.7 Å². The normalized spacial score (nSPS) is 10.8. The summed E-state index contributed by atoms with van der Waals surface area (Å²) < 4.78 is 1.72. The molecule has 0 amide bonds. The van der Waals surface area contributed by atoms with Crippen molar-refractivity contribution in [1.29, 1.82) is 0 Å². The minimum Gasteiger partial charge on any atom is -0.396 e. The van der Waals surface area contributed by atoms with E-state index in [4.69, 9.17) is 28.3 Å². The number of aryl methyl sites for hydroxylation is 1. The predicted molar refractivity (Wildman–Crippen MR) is 71.0 cm³/mol. The van der Waals surface area contributed by atoms with E-state index in [9.17, 15) is 0 Å². The first-order valence-electron chi connectivity index (χ1n) is 5.63. The molecule has 0 saturated heterocycles. The highest BCUT2D eigenvalue weighted by Gasteiger charge is 2.05. The molecule has 0 saturated carbocycles. The zero-order valence-corrected chi connectivity index (χ0v) is 11.2. The minimum absolute atomic E-state index is 0.163. The van der Waals surface area contributed by atoms with Crippen LogP contribution in [0.25, 0.3) is 0 Å². The number of hydrogen-bond donors (Lipinski definition) is 1. The minimum atomic E-state index is 0.163. The lowest BCUT2D eigenvalue weighted by atomic mass is 10.2. The quantitative estimate of drug-likeness (QED) is 0.919. The highest BCUT2D eigenvalue weighted by Crippen LogP contribution is 2.21. The number of halogens is 2. The molecule has 1 N–H and O–H groups in total. The molecule has 6 heteroatoms. The highest BCUT2D eigenvalue weighted by molar-refractivity contribution is 6.35. The molecule has 0 atom stereocenters. The molecule has 0 aliphatic heterocycles. The van der Waals surface area contributed by atoms with Gasteiger partial charge in [-0.2, -0.15) is 0 Å². The second-order valence-electron chi connectivity index (χ2n) is 3.97. The molecule has 2 rings (SSSR count). The zero-order valence-electron chi connectivity index (χ0n) is 9.68. The van der Waals surface area contributed by atoms with Gasteiger partial charge in [0.15, 0.2) is 0 Å². The van der Waals surface area contributed by atoms with Crippen LogP contribution < -0.4 is 0 Å². The second-order valence-corrected chi connectivity index (χ2v) is 4.81. The Morgan fingerprint density at radius 3 is 2.83 bits per heavy atom. The van der Waals surface area contributed by atoms with Gasteiger partial charge in [0.2, 0.25) is 0 Å². The van der Waals surface area contributed by atoms with Gasteiger partial charge in [0.25, 0.3) is 0 Å². The largest absolute Gasteiger partial charge is 0.396 e. The van der Waals surface area contributed by atoms with Crippen LogP contribution in [0.2, 0.25) is 10.0 Å². The van der Waals surface area contributed by atoms with Gasteiger partial charge in [-0.1, -0.05) is 34.5 Å². The molecule has 0 fully saturated rings. The van der Waals surface area contributed by atoms with Crippen LogP contribution in [0.3, 0.4) is 0 Å². The summed E-state index contributed by atoms with van der Waals surface area (Å²) in [7, 11) is 0. The summed E-state index contributed by atoms with van der Waals surface area (Å²) in [5.74, 6) is 0. The number of benzene rings is 1. The fraction of sp³-hybridized carbons (Fsp3) is 0.333. The lowest BCUT2D eigenvalue weighted by molar-refractivity contribution is 0.288. The molecule has 0 unspecified atom stereocenters. The zero-order chi connectivity index (χ0) is 13.0. The molecule has 18 heavy (non-hydrogen) atoms. The van der Waals surface area contributed by atoms with Gasteiger partial charge in [-0.25, -0.2) is 4.68 Å². The van der Waals surface area contributed by atoms with Crippen LogP contribution in [0.15, 0.2) is 24.4 Å². The molecule has 1 aromatic heterocycles. The molecule has 0 aliphatic rings. The first-order chi connectivity index (χ1) is 8.69. The molecule has 0 bridgehead atoms. The highest BCUT2D eigenvalue weighted by atomic mass is 35.5. The molecule has 1 aromatic carbocycles. The Balaban J connectivity index is 2.06. The van der Waals surface area contributed by atoms with Gasteiger partial charge in [0.05, 0.1) is 12.2 Å². The second kappa shape index (κ2) is 6.18. The van der Waals surface area contributed by atoms with Crippen molar-refractivity contribution >= 4 is 23.2 Å². The molecule has 0 aliphatic carbocycles. The Morgan fingerprint density at radius 1 is 1.28 bits per heavy atom. The lowest BCUT2D eigenvalue weighted by Crippen LogP contribution is -2.01. The van der Waals surface area contributed by atoms with Crippen LogP contribution in [0.5, 0.6) is 0 Å². The van der Waals surface area contributed by atoms with Crippen molar-refractivity contribution in [2.45, 2.75) is 19.4 Å². The summed E-state index contributed by atoms with van der Waals surface area (Å²) in [5.41, 5.74) is 1.81. The first-order valence-corrected chi connectivity index (χ1v) is 6.38. The van der Waals surface area contributed by atoms with Crippen molar-refractivity contribution in [1.82, 2.24) is 15.0 Å². The molecule has 4 nitrogen and oxygen atoms in total. The SMILES string of the molecule is OCCCc1cn(Cc2ccc(Cl)cc2Cl)nn1. The average Bonchev–Trinajstić information content (AvgIpc) is 2.78. The maximum absolute atomic E-state index is 8.75. The molecular weight excluding hydrogens is 273 g/mol. The standard InChI is InChI=1S/C12H13Cl2N3O/c13-10-4-3-9(12(14)6-10)7-17-8-11(15-16-17)2-1-5-18/h3-4,6,8,18H,1-2,5,7H2. The maximum Gasteiger partial charge on any atom is 0.0828 e. The summed E-state index contributed by atoms with van der Waals surface area (Å²) in [4.78, 5) is 0. The van der Waals surface area contributed by atoms with E-state index < -0.39 is 0 Å². The van der Waals surface area contributed by atoms with E-state index in [0.29, 0.717) is 23.0 Å². The van der Waals surface area contributed by atoms with Crippen LogP contribution >= 0.6 is 23.2 Å². The number of nitrogens with zero attached hydrogens (tertiary/aromatic N) is 3. The number of aliphatic hydroxyl groups excluding tert-OH is 1. The van der Waals surface area contributed by atoms with E-state index in [1.807, 2.05) is 12.3 Å². The number of aromatic nitrogens is 3. The monoisotopic (exact) mass is 285 g/mol. The van der Waals surface area contributed by atoms with E-state index in [1.54, 1.807) is 16.8 Å². The van der Waals surface area contributed by atoms with Crippen LogP contribution in [0.4, 0.5) is 0 Å². The van der Waals surface area contributed by atoms with Crippen molar-refractivity contribution in [3.05, 3.63) is 45.7 Å². The fourth-order valence-corrected chi connectivity index (χ4v) is 2.08. The van der Waals surface area contributed by atoms with Gasteiger partial charge in [-0.05, 0) is 30.5 Å². The predicted octanol–water partition coefficient (Wildman–Crippen LogP) is 2.56. The summed E-state index contributed by atoms with van der Waals surface area (Å²) in [6, 6.07) is 5.38. The third-order valence-electron chi connectivity index (χ3n) is 2.52. The Kier molecular flexibility index (Phi) is 4.58. The summed E-state index contributed by atoms with van der Waals surface area (Å²) in [6.45, 7) is 0.720. The van der Waals surface area contributed by atoms with Crippen LogP contribution in [0.1, 0.15) is 17.7 Å². The lowest BCUT2D eigenvalue weighted by Gasteiger charge is -2.03. The Labute approximate surface area is 115 Å². The van der Waals surface area contributed by atoms with E-state index in [-0.39, 0.29) is 6.61 Å². The summed E-state index contributed by atoms with van der Waals surface area (Å²) in [6.07, 6.45) is 3.28. The first kappa shape index (κ1) is 13.3. The Hall–Kier alpha value is -1.10. The molecule has 2 aromatic rings. The van der Waals surface area contributed by atoms with Gasteiger partial charge < -0.3 is 5.11 Å². The van der Waals surface area contributed by atoms with Crippen molar-refractivity contribution in [2.24, 2.45) is 0 Å².